The van der Waals surface area contributed by atoms with Gasteiger partial charge in [-0.25, -0.2) is 9.18 Å². The van der Waals surface area contributed by atoms with Gasteiger partial charge in [0.05, 0.1) is 17.0 Å². The van der Waals surface area contributed by atoms with Crippen LogP contribution in [0.5, 0.6) is 11.5 Å². The molecule has 0 aliphatic heterocycles. The highest BCUT2D eigenvalue weighted by atomic mass is 19.1. The zero-order valence-corrected chi connectivity index (χ0v) is 12.1. The van der Waals surface area contributed by atoms with Gasteiger partial charge >= 0.3 is 6.09 Å². The molecule has 0 aliphatic carbocycles. The summed E-state index contributed by atoms with van der Waals surface area (Å²) >= 11 is 0. The Hall–Kier alpha value is -3.16. The second-order valence-electron chi connectivity index (χ2n) is 4.72. The summed E-state index contributed by atoms with van der Waals surface area (Å²) in [5.41, 5.74) is 0.598. The Bertz CT molecular complexity index is 764. The second-order valence-corrected chi connectivity index (χ2v) is 4.72. The molecule has 8 heteroatoms. The summed E-state index contributed by atoms with van der Waals surface area (Å²) in [5, 5.41) is 21.7. The molecule has 0 radical (unpaired) electrons. The zero-order chi connectivity index (χ0) is 17.0. The molecule has 1 amide bonds. The smallest absolute Gasteiger partial charge is 0.404 e. The van der Waals surface area contributed by atoms with Gasteiger partial charge in [-0.1, -0.05) is 6.07 Å². The van der Waals surface area contributed by atoms with Gasteiger partial charge in [-0.2, -0.15) is 0 Å². The molecule has 0 aromatic heterocycles. The summed E-state index contributed by atoms with van der Waals surface area (Å²) < 4.78 is 18.8. The van der Waals surface area contributed by atoms with Gasteiger partial charge in [0.15, 0.2) is 0 Å². The van der Waals surface area contributed by atoms with Crippen molar-refractivity contribution in [1.82, 2.24) is 5.32 Å². The Labute approximate surface area is 130 Å². The van der Waals surface area contributed by atoms with Crippen molar-refractivity contribution >= 4 is 11.8 Å². The summed E-state index contributed by atoms with van der Waals surface area (Å²) in [6, 6.07) is 7.96. The van der Waals surface area contributed by atoms with Crippen LogP contribution in [-0.4, -0.2) is 16.1 Å². The highest BCUT2D eigenvalue weighted by Gasteiger charge is 2.16. The fourth-order valence-corrected chi connectivity index (χ4v) is 1.93. The number of halogens is 1. The minimum atomic E-state index is -1.30. The van der Waals surface area contributed by atoms with Gasteiger partial charge in [0.25, 0.3) is 5.69 Å². The predicted molar refractivity (Wildman–Crippen MR) is 79.2 cm³/mol. The van der Waals surface area contributed by atoms with Gasteiger partial charge in [-0.05, 0) is 30.7 Å². The van der Waals surface area contributed by atoms with Gasteiger partial charge < -0.3 is 15.2 Å². The summed E-state index contributed by atoms with van der Waals surface area (Å²) in [6.07, 6.45) is -1.30. The maximum Gasteiger partial charge on any atom is 0.404 e. The van der Waals surface area contributed by atoms with Crippen molar-refractivity contribution in [3.05, 3.63) is 63.5 Å². The Balaban J connectivity index is 2.32. The number of rotatable bonds is 5. The maximum absolute atomic E-state index is 13.3. The number of nitro groups is 1. The molecular weight excluding hydrogens is 307 g/mol. The monoisotopic (exact) mass is 320 g/mol. The number of benzene rings is 2. The lowest BCUT2D eigenvalue weighted by Gasteiger charge is -2.10. The molecular formula is C15H13FN2O5. The van der Waals surface area contributed by atoms with E-state index in [1.54, 1.807) is 13.0 Å². The molecule has 2 aromatic rings. The van der Waals surface area contributed by atoms with Crippen molar-refractivity contribution in [2.75, 3.05) is 0 Å². The van der Waals surface area contributed by atoms with Crippen molar-refractivity contribution in [2.24, 2.45) is 0 Å². The number of carbonyl (C=O) groups is 1. The molecule has 0 fully saturated rings. The van der Waals surface area contributed by atoms with E-state index in [4.69, 9.17) is 9.84 Å². The van der Waals surface area contributed by atoms with Crippen LogP contribution in [0, 0.1) is 22.9 Å². The summed E-state index contributed by atoms with van der Waals surface area (Å²) in [6.45, 7) is 1.48. The maximum atomic E-state index is 13.3. The quantitative estimate of drug-likeness (QED) is 0.647. The second kappa shape index (κ2) is 6.73. The van der Waals surface area contributed by atoms with E-state index < -0.39 is 16.8 Å². The minimum absolute atomic E-state index is 0.143. The van der Waals surface area contributed by atoms with Crippen molar-refractivity contribution in [3.8, 4) is 11.5 Å². The number of ether oxygens (including phenoxy) is 1. The fraction of sp³-hybridized carbons (Fsp3) is 0.133. The predicted octanol–water partition coefficient (Wildman–Crippen LogP) is 3.60. The Morgan fingerprint density at radius 2 is 2.09 bits per heavy atom. The number of hydrogen-bond donors (Lipinski definition) is 2. The van der Waals surface area contributed by atoms with Crippen LogP contribution in [0.4, 0.5) is 14.9 Å². The zero-order valence-electron chi connectivity index (χ0n) is 12.1. The number of carboxylic acid groups (broad SMARTS) is 1. The molecule has 0 aliphatic rings. The molecule has 2 aromatic carbocycles. The molecule has 0 heterocycles. The van der Waals surface area contributed by atoms with E-state index in [9.17, 15) is 19.3 Å². The van der Waals surface area contributed by atoms with Crippen LogP contribution < -0.4 is 10.1 Å². The van der Waals surface area contributed by atoms with E-state index in [0.29, 0.717) is 5.56 Å². The molecule has 0 atom stereocenters. The van der Waals surface area contributed by atoms with Crippen LogP contribution in [0.2, 0.25) is 0 Å². The van der Waals surface area contributed by atoms with Crippen LogP contribution >= 0.6 is 0 Å². The third-order valence-electron chi connectivity index (χ3n) is 3.06. The van der Waals surface area contributed by atoms with Gasteiger partial charge in [0.2, 0.25) is 0 Å². The third kappa shape index (κ3) is 4.16. The van der Waals surface area contributed by atoms with Crippen molar-refractivity contribution in [3.63, 3.8) is 0 Å². The average molecular weight is 320 g/mol. The molecule has 0 unspecified atom stereocenters. The van der Waals surface area contributed by atoms with Crippen LogP contribution in [-0.2, 0) is 6.54 Å². The normalized spacial score (nSPS) is 10.2. The van der Waals surface area contributed by atoms with Gasteiger partial charge in [0.1, 0.15) is 17.3 Å². The SMILES string of the molecule is Cc1ccc(F)cc1Oc1ccc([N+](=O)[O-])c(CNC(=O)O)c1. The summed E-state index contributed by atoms with van der Waals surface area (Å²) in [5.74, 6) is 0.0442. The van der Waals surface area contributed by atoms with E-state index in [1.165, 1.54) is 30.3 Å². The Kier molecular flexibility index (Phi) is 4.75. The lowest BCUT2D eigenvalue weighted by atomic mass is 10.1. The van der Waals surface area contributed by atoms with Crippen molar-refractivity contribution in [2.45, 2.75) is 13.5 Å². The minimum Gasteiger partial charge on any atom is -0.465 e. The van der Waals surface area contributed by atoms with Gasteiger partial charge in [-0.15, -0.1) is 0 Å². The Morgan fingerprint density at radius 1 is 1.35 bits per heavy atom. The highest BCUT2D eigenvalue weighted by molar-refractivity contribution is 5.64. The molecule has 0 saturated heterocycles. The standard InChI is InChI=1S/C15H13FN2O5/c1-9-2-3-11(16)7-14(9)23-12-4-5-13(18(21)22)10(6-12)8-17-15(19)20/h2-7,17H,8H2,1H3,(H,19,20). The molecule has 2 rings (SSSR count). The van der Waals surface area contributed by atoms with Gasteiger partial charge in [-0.3, -0.25) is 10.1 Å². The largest absolute Gasteiger partial charge is 0.465 e. The first-order valence-corrected chi connectivity index (χ1v) is 6.55. The molecule has 0 spiro atoms. The van der Waals surface area contributed by atoms with Crippen molar-refractivity contribution < 1.29 is 24.0 Å². The molecule has 120 valence electrons. The number of hydrogen-bond acceptors (Lipinski definition) is 4. The lowest BCUT2D eigenvalue weighted by molar-refractivity contribution is -0.385. The molecule has 0 saturated carbocycles. The first-order valence-electron chi connectivity index (χ1n) is 6.55. The molecule has 0 bridgehead atoms. The third-order valence-corrected chi connectivity index (χ3v) is 3.06. The molecule has 23 heavy (non-hydrogen) atoms. The van der Waals surface area contributed by atoms with E-state index >= 15 is 0 Å². The van der Waals surface area contributed by atoms with Crippen LogP contribution in [0.15, 0.2) is 36.4 Å². The topological polar surface area (TPSA) is 102 Å². The number of nitrogens with zero attached hydrogens (tertiary/aromatic N) is 1. The molecule has 7 nitrogen and oxygen atoms in total. The lowest BCUT2D eigenvalue weighted by Crippen LogP contribution is -2.20. The summed E-state index contributed by atoms with van der Waals surface area (Å²) in [4.78, 5) is 20.9. The fourth-order valence-electron chi connectivity index (χ4n) is 1.93. The highest BCUT2D eigenvalue weighted by Crippen LogP contribution is 2.29. The van der Waals surface area contributed by atoms with Crippen LogP contribution in [0.1, 0.15) is 11.1 Å². The van der Waals surface area contributed by atoms with Crippen molar-refractivity contribution in [1.29, 1.82) is 0 Å². The van der Waals surface area contributed by atoms with E-state index in [0.717, 1.165) is 0 Å². The van der Waals surface area contributed by atoms with Crippen LogP contribution in [0.25, 0.3) is 0 Å². The Morgan fingerprint density at radius 3 is 2.74 bits per heavy atom. The van der Waals surface area contributed by atoms with E-state index in [1.807, 2.05) is 0 Å². The first kappa shape index (κ1) is 16.2. The van der Waals surface area contributed by atoms with E-state index in [2.05, 4.69) is 5.32 Å². The van der Waals surface area contributed by atoms with Gasteiger partial charge in [0, 0.05) is 12.1 Å². The average Bonchev–Trinajstić information content (AvgIpc) is 2.48. The number of nitro benzene ring substituents is 1. The summed E-state index contributed by atoms with van der Waals surface area (Å²) in [7, 11) is 0. The number of aryl methyl sites for hydroxylation is 1. The first-order chi connectivity index (χ1) is 10.9. The van der Waals surface area contributed by atoms with E-state index in [-0.39, 0.29) is 29.3 Å². The molecule has 2 N–H and O–H groups in total. The van der Waals surface area contributed by atoms with Crippen LogP contribution in [0.3, 0.4) is 0 Å². The number of amides is 1. The number of nitrogens with one attached hydrogen (secondary N) is 1.